The second-order valence-corrected chi connectivity index (χ2v) is 4.43. The highest BCUT2D eigenvalue weighted by atomic mass is 16.4. The summed E-state index contributed by atoms with van der Waals surface area (Å²) >= 11 is 0. The zero-order chi connectivity index (χ0) is 13.1. The Morgan fingerprint density at radius 2 is 2.33 bits per heavy atom. The number of anilines is 1. The summed E-state index contributed by atoms with van der Waals surface area (Å²) in [5.74, 6) is 0.0548. The number of rotatable bonds is 5. The molecule has 2 heterocycles. The molecule has 0 aromatic carbocycles. The smallest absolute Gasteiger partial charge is 0.303 e. The maximum Gasteiger partial charge on any atom is 0.303 e. The van der Waals surface area contributed by atoms with Crippen LogP contribution in [-0.2, 0) is 4.79 Å². The van der Waals surface area contributed by atoms with Crippen LogP contribution in [0.2, 0.25) is 0 Å². The number of aromatic nitrogens is 3. The second kappa shape index (κ2) is 5.03. The summed E-state index contributed by atoms with van der Waals surface area (Å²) in [5.41, 5.74) is 1.87. The summed E-state index contributed by atoms with van der Waals surface area (Å²) in [6, 6.07) is 3.98. The number of carboxylic acids is 1. The van der Waals surface area contributed by atoms with Crippen molar-refractivity contribution in [3.8, 4) is 0 Å². The molecule has 2 aromatic rings. The number of carboxylic acid groups (broad SMARTS) is 1. The van der Waals surface area contributed by atoms with Crippen molar-refractivity contribution in [3.05, 3.63) is 24.0 Å². The Balaban J connectivity index is 2.15. The van der Waals surface area contributed by atoms with Gasteiger partial charge in [0.2, 0.25) is 0 Å². The predicted octanol–water partition coefficient (Wildman–Crippen LogP) is 1.70. The summed E-state index contributed by atoms with van der Waals surface area (Å²) in [6.07, 6.45) is 2.22. The van der Waals surface area contributed by atoms with Crippen LogP contribution < -0.4 is 5.32 Å². The Bertz CT molecular complexity index is 564. The molecule has 0 aliphatic rings. The minimum Gasteiger partial charge on any atom is -0.481 e. The van der Waals surface area contributed by atoms with Crippen LogP contribution in [0, 0.1) is 6.92 Å². The molecule has 0 amide bonds. The van der Waals surface area contributed by atoms with Gasteiger partial charge in [-0.1, -0.05) is 0 Å². The molecule has 0 saturated heterocycles. The van der Waals surface area contributed by atoms with Crippen LogP contribution in [-0.4, -0.2) is 31.7 Å². The van der Waals surface area contributed by atoms with E-state index in [0.717, 1.165) is 17.0 Å². The van der Waals surface area contributed by atoms with Crippen LogP contribution in [0.1, 0.15) is 25.3 Å². The van der Waals surface area contributed by atoms with Crippen molar-refractivity contribution < 1.29 is 9.90 Å². The first-order chi connectivity index (χ1) is 8.56. The van der Waals surface area contributed by atoms with Gasteiger partial charge in [0.25, 0.3) is 0 Å². The third-order valence-electron chi connectivity index (χ3n) is 2.71. The summed E-state index contributed by atoms with van der Waals surface area (Å²) < 4.78 is 1.71. The monoisotopic (exact) mass is 248 g/mol. The van der Waals surface area contributed by atoms with E-state index in [1.165, 1.54) is 6.33 Å². The SMILES string of the molecule is Cc1cc(NC(C)CCC(=O)O)n2ncnc2c1. The van der Waals surface area contributed by atoms with Crippen molar-refractivity contribution in [1.82, 2.24) is 14.6 Å². The van der Waals surface area contributed by atoms with Gasteiger partial charge in [-0.15, -0.1) is 0 Å². The molecule has 0 spiro atoms. The normalized spacial score (nSPS) is 12.6. The van der Waals surface area contributed by atoms with Gasteiger partial charge in [-0.05, 0) is 38.0 Å². The van der Waals surface area contributed by atoms with E-state index in [-0.39, 0.29) is 12.5 Å². The maximum atomic E-state index is 10.5. The lowest BCUT2D eigenvalue weighted by Crippen LogP contribution is -2.18. The first-order valence-electron chi connectivity index (χ1n) is 5.85. The Morgan fingerprint density at radius 1 is 1.56 bits per heavy atom. The molecule has 6 nitrogen and oxygen atoms in total. The molecular weight excluding hydrogens is 232 g/mol. The molecule has 0 radical (unpaired) electrons. The van der Waals surface area contributed by atoms with E-state index >= 15 is 0 Å². The maximum absolute atomic E-state index is 10.5. The van der Waals surface area contributed by atoms with Crippen molar-refractivity contribution in [2.24, 2.45) is 0 Å². The van der Waals surface area contributed by atoms with Gasteiger partial charge in [0.15, 0.2) is 5.65 Å². The molecule has 0 bridgehead atoms. The minimum absolute atomic E-state index is 0.0651. The van der Waals surface area contributed by atoms with Crippen molar-refractivity contribution in [1.29, 1.82) is 0 Å². The van der Waals surface area contributed by atoms with Crippen LogP contribution in [0.25, 0.3) is 5.65 Å². The third-order valence-corrected chi connectivity index (χ3v) is 2.71. The first-order valence-corrected chi connectivity index (χ1v) is 5.85. The van der Waals surface area contributed by atoms with Crippen molar-refractivity contribution >= 4 is 17.4 Å². The van der Waals surface area contributed by atoms with Crippen molar-refractivity contribution in [2.75, 3.05) is 5.32 Å². The number of nitrogens with one attached hydrogen (secondary N) is 1. The molecule has 2 aromatic heterocycles. The molecule has 0 aliphatic heterocycles. The van der Waals surface area contributed by atoms with Gasteiger partial charge in [-0.2, -0.15) is 9.61 Å². The molecule has 0 saturated carbocycles. The van der Waals surface area contributed by atoms with E-state index in [9.17, 15) is 4.79 Å². The highest BCUT2D eigenvalue weighted by Crippen LogP contribution is 2.15. The quantitative estimate of drug-likeness (QED) is 0.842. The summed E-state index contributed by atoms with van der Waals surface area (Å²) in [6.45, 7) is 3.94. The van der Waals surface area contributed by atoms with Gasteiger partial charge in [-0.25, -0.2) is 4.98 Å². The topological polar surface area (TPSA) is 79.5 Å². The lowest BCUT2D eigenvalue weighted by Gasteiger charge is -2.15. The fraction of sp³-hybridized carbons (Fsp3) is 0.417. The highest BCUT2D eigenvalue weighted by Gasteiger charge is 2.09. The number of hydrogen-bond acceptors (Lipinski definition) is 4. The zero-order valence-electron chi connectivity index (χ0n) is 10.4. The molecule has 1 unspecified atom stereocenters. The molecule has 2 N–H and O–H groups in total. The van der Waals surface area contributed by atoms with Crippen LogP contribution >= 0.6 is 0 Å². The molecule has 1 atom stereocenters. The highest BCUT2D eigenvalue weighted by molar-refractivity contribution is 5.66. The second-order valence-electron chi connectivity index (χ2n) is 4.43. The van der Waals surface area contributed by atoms with Crippen LogP contribution in [0.3, 0.4) is 0 Å². The van der Waals surface area contributed by atoms with Crippen LogP contribution in [0.5, 0.6) is 0 Å². The van der Waals surface area contributed by atoms with Gasteiger partial charge in [-0.3, -0.25) is 4.79 Å². The van der Waals surface area contributed by atoms with Gasteiger partial charge < -0.3 is 10.4 Å². The Morgan fingerprint density at radius 3 is 3.06 bits per heavy atom. The minimum atomic E-state index is -0.779. The Hall–Kier alpha value is -2.11. The number of aryl methyl sites for hydroxylation is 1. The number of fused-ring (bicyclic) bond motifs is 1. The van der Waals surface area contributed by atoms with E-state index in [2.05, 4.69) is 15.4 Å². The van der Waals surface area contributed by atoms with Crippen LogP contribution in [0.4, 0.5) is 5.82 Å². The molecule has 6 heteroatoms. The third kappa shape index (κ3) is 2.77. The molecule has 2 rings (SSSR count). The fourth-order valence-electron chi connectivity index (χ4n) is 1.82. The lowest BCUT2D eigenvalue weighted by atomic mass is 10.2. The van der Waals surface area contributed by atoms with Gasteiger partial charge in [0, 0.05) is 12.5 Å². The number of hydrogen-bond donors (Lipinski definition) is 2. The number of aliphatic carboxylic acids is 1. The summed E-state index contributed by atoms with van der Waals surface area (Å²) in [5, 5.41) is 16.1. The lowest BCUT2D eigenvalue weighted by molar-refractivity contribution is -0.137. The number of pyridine rings is 1. The number of carbonyl (C=O) groups is 1. The molecule has 96 valence electrons. The Kier molecular flexibility index (Phi) is 3.45. The largest absolute Gasteiger partial charge is 0.481 e. The van der Waals surface area contributed by atoms with Gasteiger partial charge >= 0.3 is 5.97 Å². The Labute approximate surface area is 105 Å². The van der Waals surface area contributed by atoms with Gasteiger partial charge in [0.05, 0.1) is 0 Å². The number of nitrogens with zero attached hydrogens (tertiary/aromatic N) is 3. The molecule has 0 aliphatic carbocycles. The van der Waals surface area contributed by atoms with E-state index < -0.39 is 5.97 Å². The van der Waals surface area contributed by atoms with Crippen molar-refractivity contribution in [2.45, 2.75) is 32.7 Å². The molecular formula is C12H16N4O2. The fourth-order valence-corrected chi connectivity index (χ4v) is 1.82. The van der Waals surface area contributed by atoms with E-state index in [0.29, 0.717) is 6.42 Å². The average Bonchev–Trinajstić information content (AvgIpc) is 2.74. The first kappa shape index (κ1) is 12.3. The zero-order valence-corrected chi connectivity index (χ0v) is 10.4. The average molecular weight is 248 g/mol. The van der Waals surface area contributed by atoms with E-state index in [1.54, 1.807) is 4.52 Å². The van der Waals surface area contributed by atoms with Crippen LogP contribution in [0.15, 0.2) is 18.5 Å². The summed E-state index contributed by atoms with van der Waals surface area (Å²) in [4.78, 5) is 14.7. The standard InChI is InChI=1S/C12H16N4O2/c1-8-5-10-13-7-14-16(10)11(6-8)15-9(2)3-4-12(17)18/h5-7,9,15H,3-4H2,1-2H3,(H,17,18). The predicted molar refractivity (Wildman–Crippen MR) is 67.7 cm³/mol. The van der Waals surface area contributed by atoms with E-state index in [4.69, 9.17) is 5.11 Å². The summed E-state index contributed by atoms with van der Waals surface area (Å²) in [7, 11) is 0. The van der Waals surface area contributed by atoms with Gasteiger partial charge in [0.1, 0.15) is 12.1 Å². The molecule has 18 heavy (non-hydrogen) atoms. The van der Waals surface area contributed by atoms with E-state index in [1.807, 2.05) is 26.0 Å². The molecule has 0 fully saturated rings. The van der Waals surface area contributed by atoms with Crippen molar-refractivity contribution in [3.63, 3.8) is 0 Å².